The number of cyclic esters (lactones) is 1. The van der Waals surface area contributed by atoms with Crippen molar-refractivity contribution in [1.82, 2.24) is 41.9 Å². The zero-order valence-corrected chi connectivity index (χ0v) is 38.2. The molecule has 0 aromatic heterocycles. The molecule has 2 saturated heterocycles. The monoisotopic (exact) mass is 871 g/mol. The lowest BCUT2D eigenvalue weighted by atomic mass is 9.95. The number of hydrazine groups is 1. The molecule has 2 aliphatic heterocycles. The highest BCUT2D eigenvalue weighted by Crippen LogP contribution is 2.22. The van der Waals surface area contributed by atoms with E-state index < -0.39 is 102 Å². The second kappa shape index (κ2) is 23.8. The van der Waals surface area contributed by atoms with Crippen LogP contribution in [-0.2, 0) is 49.5 Å². The largest absolute Gasteiger partial charge is 0.497 e. The van der Waals surface area contributed by atoms with E-state index in [0.29, 0.717) is 43.5 Å². The first-order valence-electron chi connectivity index (χ1n) is 21.9. The number of esters is 1. The lowest BCUT2D eigenvalue weighted by Gasteiger charge is -2.39. The van der Waals surface area contributed by atoms with E-state index in [2.05, 4.69) is 32.0 Å². The van der Waals surface area contributed by atoms with Crippen LogP contribution in [0.3, 0.4) is 0 Å². The lowest BCUT2D eigenvalue weighted by Crippen LogP contribution is -2.66. The SMILES string of the molecule is CC[C@@H](C)[C@H](NC=O)C(=O)N[C@@H]1C(=O)N[C@@H](Cc2ccc(OC)cc2)C(=O)N[C@H]([C@@H](C)CC)C(=O)N2NCCC[C@H]2C(=O)N[C@@H](CC(C)C)C(=O)N(C)[C@@H](C(C)C)C(=O)O[C@H]1C. The summed E-state index contributed by atoms with van der Waals surface area (Å²) in [6.07, 6.45) is 0.880. The maximum atomic E-state index is 14.6. The summed E-state index contributed by atoms with van der Waals surface area (Å²) < 4.78 is 11.3. The highest BCUT2D eigenvalue weighted by atomic mass is 16.5. The summed E-state index contributed by atoms with van der Waals surface area (Å²) in [5.41, 5.74) is 3.66. The quantitative estimate of drug-likeness (QED) is 0.115. The van der Waals surface area contributed by atoms with Crippen LogP contribution in [0.15, 0.2) is 24.3 Å². The number of carbonyl (C=O) groups is 8. The van der Waals surface area contributed by atoms with Crippen molar-refractivity contribution in [2.75, 3.05) is 20.7 Å². The Balaban J connectivity index is 2.26. The number of methoxy groups -OCH3 is 1. The van der Waals surface area contributed by atoms with E-state index in [0.717, 1.165) is 0 Å². The fourth-order valence-corrected chi connectivity index (χ4v) is 7.76. The second-order valence-electron chi connectivity index (χ2n) is 17.4. The van der Waals surface area contributed by atoms with Gasteiger partial charge in [0.15, 0.2) is 0 Å². The standard InChI is InChI=1S/C44H70N8O10/c1-12-26(7)34(45-23-53)40(56)50-36-28(9)62-44(60)37(25(5)6)51(10)42(58)32(21-24(3)4)48-39(55)33-15-14-20-46-52(33)43(59)35(27(8)13-2)49-38(54)31(47-41(36)57)22-29-16-18-30(61-11)19-17-29/h16-19,23-28,31-37,46H,12-15,20-22H2,1-11H3,(H,45,53)(H,47,57)(H,48,55)(H,49,54)(H,50,56)/t26-,27+,28+,31+,32+,33+,34+,35-,36+,37+/m1/s1. The van der Waals surface area contributed by atoms with Gasteiger partial charge in [0.2, 0.25) is 35.9 Å². The van der Waals surface area contributed by atoms with Crippen LogP contribution in [0.1, 0.15) is 100.0 Å². The molecule has 18 nitrogen and oxygen atoms in total. The Morgan fingerprint density at radius 2 is 1.55 bits per heavy atom. The molecule has 0 bridgehead atoms. The number of amides is 7. The van der Waals surface area contributed by atoms with E-state index in [1.807, 2.05) is 27.7 Å². The van der Waals surface area contributed by atoms with Gasteiger partial charge in [0.05, 0.1) is 7.11 Å². The van der Waals surface area contributed by atoms with Gasteiger partial charge in [0.1, 0.15) is 54.1 Å². The number of carbonyl (C=O) groups excluding carboxylic acids is 8. The van der Waals surface area contributed by atoms with Crippen LogP contribution >= 0.6 is 0 Å². The molecule has 0 unspecified atom stereocenters. The van der Waals surface area contributed by atoms with Crippen LogP contribution in [0, 0.1) is 23.7 Å². The summed E-state index contributed by atoms with van der Waals surface area (Å²) in [4.78, 5) is 113. The van der Waals surface area contributed by atoms with Crippen molar-refractivity contribution >= 4 is 47.8 Å². The second-order valence-corrected chi connectivity index (χ2v) is 17.4. The molecule has 346 valence electrons. The number of ether oxygens (including phenoxy) is 2. The predicted molar refractivity (Wildman–Crippen MR) is 231 cm³/mol. The van der Waals surface area contributed by atoms with Crippen LogP contribution in [0.5, 0.6) is 5.75 Å². The zero-order valence-electron chi connectivity index (χ0n) is 38.2. The molecular weight excluding hydrogens is 801 g/mol. The number of hydrogen-bond acceptors (Lipinski definition) is 11. The molecule has 2 aliphatic rings. The molecule has 2 fully saturated rings. The van der Waals surface area contributed by atoms with Crippen molar-refractivity contribution in [3.05, 3.63) is 29.8 Å². The van der Waals surface area contributed by atoms with E-state index in [1.54, 1.807) is 52.0 Å². The van der Waals surface area contributed by atoms with Crippen LogP contribution in [0.4, 0.5) is 0 Å². The van der Waals surface area contributed by atoms with Gasteiger partial charge < -0.3 is 41.0 Å². The van der Waals surface area contributed by atoms with Gasteiger partial charge >= 0.3 is 5.97 Å². The third-order valence-electron chi connectivity index (χ3n) is 11.9. The number of benzene rings is 1. The minimum Gasteiger partial charge on any atom is -0.497 e. The molecule has 0 aliphatic carbocycles. The molecule has 0 spiro atoms. The van der Waals surface area contributed by atoms with E-state index in [9.17, 15) is 38.4 Å². The Bertz CT molecular complexity index is 1720. The lowest BCUT2D eigenvalue weighted by molar-refractivity contribution is -0.163. The topological polar surface area (TPSA) is 234 Å². The predicted octanol–water partition coefficient (Wildman–Crippen LogP) is 1.35. The van der Waals surface area contributed by atoms with Gasteiger partial charge in [-0.2, -0.15) is 0 Å². The van der Waals surface area contributed by atoms with Gasteiger partial charge in [-0.3, -0.25) is 38.6 Å². The summed E-state index contributed by atoms with van der Waals surface area (Å²) in [7, 11) is 2.94. The minimum absolute atomic E-state index is 0.0716. The number of hydrogen-bond donors (Lipinski definition) is 6. The number of nitrogens with one attached hydrogen (secondary N) is 6. The number of likely N-dealkylation sites (N-methyl/N-ethyl adjacent to an activating group) is 1. The van der Waals surface area contributed by atoms with Crippen LogP contribution in [0.25, 0.3) is 0 Å². The Kier molecular flexibility index (Phi) is 19.6. The van der Waals surface area contributed by atoms with Gasteiger partial charge in [-0.25, -0.2) is 10.2 Å². The molecule has 6 N–H and O–H groups in total. The Labute approximate surface area is 366 Å². The summed E-state index contributed by atoms with van der Waals surface area (Å²) in [5, 5.41) is 14.9. The van der Waals surface area contributed by atoms with Crippen molar-refractivity contribution in [1.29, 1.82) is 0 Å². The first-order valence-corrected chi connectivity index (χ1v) is 21.9. The average molecular weight is 871 g/mol. The number of fused-ring (bicyclic) bond motifs is 1. The van der Waals surface area contributed by atoms with Crippen LogP contribution < -0.4 is 36.7 Å². The number of rotatable bonds is 14. The first-order chi connectivity index (χ1) is 29.3. The Morgan fingerprint density at radius 3 is 2.11 bits per heavy atom. The van der Waals surface area contributed by atoms with Gasteiger partial charge in [-0.05, 0) is 67.6 Å². The molecule has 1 aromatic carbocycles. The number of nitrogens with zero attached hydrogens (tertiary/aromatic N) is 2. The summed E-state index contributed by atoms with van der Waals surface area (Å²) in [6.45, 7) is 16.2. The van der Waals surface area contributed by atoms with Crippen molar-refractivity contribution in [2.45, 2.75) is 149 Å². The van der Waals surface area contributed by atoms with Crippen LogP contribution in [0.2, 0.25) is 0 Å². The van der Waals surface area contributed by atoms with Crippen molar-refractivity contribution in [2.24, 2.45) is 23.7 Å². The van der Waals surface area contributed by atoms with E-state index in [1.165, 1.54) is 31.0 Å². The highest BCUT2D eigenvalue weighted by molar-refractivity contribution is 5.98. The van der Waals surface area contributed by atoms with Crippen molar-refractivity contribution < 1.29 is 47.8 Å². The van der Waals surface area contributed by atoms with Crippen molar-refractivity contribution in [3.8, 4) is 5.75 Å². The molecule has 0 saturated carbocycles. The van der Waals surface area contributed by atoms with Crippen LogP contribution in [-0.4, -0.2) is 127 Å². The average Bonchev–Trinajstić information content (AvgIpc) is 3.24. The molecule has 2 heterocycles. The summed E-state index contributed by atoms with van der Waals surface area (Å²) >= 11 is 0. The fraction of sp³-hybridized carbons (Fsp3) is 0.682. The third kappa shape index (κ3) is 13.4. The molecule has 62 heavy (non-hydrogen) atoms. The molecule has 0 radical (unpaired) electrons. The summed E-state index contributed by atoms with van der Waals surface area (Å²) in [6, 6.07) is -1.75. The molecule has 18 heteroatoms. The molecule has 7 amide bonds. The molecule has 10 atom stereocenters. The smallest absolute Gasteiger partial charge is 0.329 e. The van der Waals surface area contributed by atoms with E-state index in [4.69, 9.17) is 9.47 Å². The Hall–Kier alpha value is -5.26. The maximum absolute atomic E-state index is 14.6. The highest BCUT2D eigenvalue weighted by Gasteiger charge is 2.43. The van der Waals surface area contributed by atoms with Gasteiger partial charge in [-0.15, -0.1) is 0 Å². The minimum atomic E-state index is -1.62. The third-order valence-corrected chi connectivity index (χ3v) is 11.9. The maximum Gasteiger partial charge on any atom is 0.329 e. The first kappa shape index (κ1) is 51.1. The van der Waals surface area contributed by atoms with Gasteiger partial charge in [0, 0.05) is 20.0 Å². The van der Waals surface area contributed by atoms with E-state index >= 15 is 0 Å². The molecule has 3 rings (SSSR count). The molecule has 1 aromatic rings. The Morgan fingerprint density at radius 1 is 0.903 bits per heavy atom. The van der Waals surface area contributed by atoms with Gasteiger partial charge in [0.25, 0.3) is 5.91 Å². The zero-order chi connectivity index (χ0) is 46.4. The van der Waals surface area contributed by atoms with Crippen molar-refractivity contribution in [3.63, 3.8) is 0 Å². The fourth-order valence-electron chi connectivity index (χ4n) is 7.76. The molecular formula is C44H70N8O10. The van der Waals surface area contributed by atoms with Gasteiger partial charge in [-0.1, -0.05) is 80.4 Å². The van der Waals surface area contributed by atoms with E-state index in [-0.39, 0.29) is 31.1 Å². The normalized spacial score (nSPS) is 26.4. The summed E-state index contributed by atoms with van der Waals surface area (Å²) in [5.74, 6) is -5.85.